The minimum Gasteiger partial charge on any atom is -0.383 e. The number of halogens is 3. The first-order valence-corrected chi connectivity index (χ1v) is 9.79. The molecule has 9 heteroatoms. The molecule has 2 atom stereocenters. The number of alkyl halides is 3. The number of hydrogen-bond acceptors (Lipinski definition) is 4. The van der Waals surface area contributed by atoms with Gasteiger partial charge in [0.15, 0.2) is 9.84 Å². The highest BCUT2D eigenvalue weighted by Crippen LogP contribution is 2.37. The van der Waals surface area contributed by atoms with E-state index in [0.717, 1.165) is 12.1 Å². The van der Waals surface area contributed by atoms with Crippen LogP contribution in [0.15, 0.2) is 30.9 Å². The van der Waals surface area contributed by atoms with Crippen LogP contribution in [0.25, 0.3) is 10.9 Å². The average molecular weight is 400 g/mol. The summed E-state index contributed by atoms with van der Waals surface area (Å²) < 4.78 is 64.3. The smallest absolute Gasteiger partial charge is 0.383 e. The molecular weight excluding hydrogens is 381 g/mol. The molecule has 1 heterocycles. The maximum atomic E-state index is 13.1. The molecule has 0 bridgehead atoms. The molecule has 2 N–H and O–H groups in total. The predicted molar refractivity (Wildman–Crippen MR) is 95.6 cm³/mol. The highest BCUT2D eigenvalue weighted by molar-refractivity contribution is 7.92. The van der Waals surface area contributed by atoms with Crippen molar-refractivity contribution in [2.75, 3.05) is 5.75 Å². The molecule has 0 aliphatic rings. The summed E-state index contributed by atoms with van der Waals surface area (Å²) in [5, 5.41) is 19.0. The van der Waals surface area contributed by atoms with Gasteiger partial charge in [0.05, 0.1) is 28.2 Å². The second kappa shape index (κ2) is 7.02. The van der Waals surface area contributed by atoms with Crippen LogP contribution in [0, 0.1) is 11.3 Å². The van der Waals surface area contributed by atoms with Crippen molar-refractivity contribution in [3.63, 3.8) is 0 Å². The van der Waals surface area contributed by atoms with E-state index in [9.17, 15) is 26.7 Å². The van der Waals surface area contributed by atoms with Crippen LogP contribution >= 0.6 is 0 Å². The molecule has 1 aromatic carbocycles. The summed E-state index contributed by atoms with van der Waals surface area (Å²) >= 11 is 0. The lowest BCUT2D eigenvalue weighted by Gasteiger charge is -2.31. The number of nitrogens with zero attached hydrogens (tertiary/aromatic N) is 1. The summed E-state index contributed by atoms with van der Waals surface area (Å²) in [5.41, 5.74) is -3.42. The first-order valence-electron chi connectivity index (χ1n) is 8.07. The number of fused-ring (bicyclic) bond motifs is 1. The van der Waals surface area contributed by atoms with Crippen LogP contribution in [-0.2, 0) is 21.6 Å². The first kappa shape index (κ1) is 21.0. The average Bonchev–Trinajstić information content (AvgIpc) is 2.96. The van der Waals surface area contributed by atoms with Crippen molar-refractivity contribution in [1.29, 1.82) is 5.26 Å². The Labute approximate surface area is 155 Å². The molecule has 0 amide bonds. The predicted octanol–water partition coefficient (Wildman–Crippen LogP) is 3.65. The zero-order valence-corrected chi connectivity index (χ0v) is 15.6. The molecule has 0 radical (unpaired) electrons. The Hall–Kier alpha value is -2.31. The van der Waals surface area contributed by atoms with Gasteiger partial charge in [0, 0.05) is 16.6 Å². The van der Waals surface area contributed by atoms with Gasteiger partial charge in [-0.2, -0.15) is 18.4 Å². The summed E-state index contributed by atoms with van der Waals surface area (Å²) in [7, 11) is -3.73. The number of benzene rings is 1. The minimum atomic E-state index is -4.72. The van der Waals surface area contributed by atoms with E-state index in [1.54, 1.807) is 6.92 Å². The summed E-state index contributed by atoms with van der Waals surface area (Å²) in [6.45, 7) is 6.29. The number of sulfone groups is 1. The molecule has 0 fully saturated rings. The van der Waals surface area contributed by atoms with E-state index in [1.165, 1.54) is 25.1 Å². The summed E-state index contributed by atoms with van der Waals surface area (Å²) in [6.07, 6.45) is -3.41. The van der Waals surface area contributed by atoms with E-state index in [1.807, 2.05) is 0 Å². The number of hydrogen-bond donors (Lipinski definition) is 2. The fraction of sp³-hybridized carbons (Fsp3) is 0.389. The third-order valence-electron chi connectivity index (χ3n) is 4.51. The Morgan fingerprint density at radius 3 is 2.48 bits per heavy atom. The highest BCUT2D eigenvalue weighted by Gasteiger charge is 2.42. The topological polar surface area (TPSA) is 93.9 Å². The molecule has 0 aliphatic carbocycles. The molecule has 0 aliphatic heterocycles. The van der Waals surface area contributed by atoms with Gasteiger partial charge >= 0.3 is 6.18 Å². The second-order valence-corrected chi connectivity index (χ2v) is 8.67. The van der Waals surface area contributed by atoms with Crippen molar-refractivity contribution in [3.8, 4) is 6.07 Å². The number of aromatic nitrogens is 1. The van der Waals surface area contributed by atoms with E-state index in [0.29, 0.717) is 0 Å². The lowest BCUT2D eigenvalue weighted by molar-refractivity contribution is -0.137. The second-order valence-electron chi connectivity index (χ2n) is 6.44. The van der Waals surface area contributed by atoms with E-state index in [-0.39, 0.29) is 28.8 Å². The summed E-state index contributed by atoms with van der Waals surface area (Å²) in [6, 6.07) is 4.72. The van der Waals surface area contributed by atoms with Crippen LogP contribution in [0.2, 0.25) is 0 Å². The van der Waals surface area contributed by atoms with Crippen molar-refractivity contribution in [3.05, 3.63) is 47.7 Å². The van der Waals surface area contributed by atoms with Crippen LogP contribution in [0.4, 0.5) is 13.2 Å². The molecule has 2 rings (SSSR count). The van der Waals surface area contributed by atoms with Crippen LogP contribution < -0.4 is 0 Å². The molecule has 146 valence electrons. The van der Waals surface area contributed by atoms with E-state index < -0.39 is 38.0 Å². The standard InChI is InChI=1S/C18H19F3N2O3S/c1-4-6-27(25,26)16(5-2)17(3,24)15-8-11-7-12(10-22)13(18(19,20)21)9-14(11)23-15/h4,7-9,16,23-24H,1,5-6H2,2-3H3. The molecule has 0 spiro atoms. The van der Waals surface area contributed by atoms with Crippen LogP contribution in [0.3, 0.4) is 0 Å². The normalized spacial score (nSPS) is 15.9. The van der Waals surface area contributed by atoms with Crippen molar-refractivity contribution in [2.45, 2.75) is 37.3 Å². The number of aliphatic hydroxyl groups is 1. The molecule has 1 aromatic heterocycles. The van der Waals surface area contributed by atoms with Crippen molar-refractivity contribution in [2.24, 2.45) is 0 Å². The SMILES string of the molecule is C=CCS(=O)(=O)C(CC)C(C)(O)c1cc2cc(C#N)c(C(F)(F)F)cc2[nH]1. The van der Waals surface area contributed by atoms with Crippen molar-refractivity contribution >= 4 is 20.7 Å². The Balaban J connectivity index is 2.65. The Kier molecular flexibility index (Phi) is 5.46. The van der Waals surface area contributed by atoms with Crippen molar-refractivity contribution < 1.29 is 26.7 Å². The minimum absolute atomic E-state index is 0.0487. The lowest BCUT2D eigenvalue weighted by Crippen LogP contribution is -2.43. The van der Waals surface area contributed by atoms with Crippen LogP contribution in [0.5, 0.6) is 0 Å². The van der Waals surface area contributed by atoms with Gasteiger partial charge in [-0.3, -0.25) is 0 Å². The Morgan fingerprint density at radius 2 is 2.00 bits per heavy atom. The number of rotatable bonds is 6. The van der Waals surface area contributed by atoms with Gasteiger partial charge in [-0.05, 0) is 31.5 Å². The van der Waals surface area contributed by atoms with Crippen molar-refractivity contribution in [1.82, 2.24) is 4.98 Å². The zero-order valence-electron chi connectivity index (χ0n) is 14.8. The molecule has 2 aromatic rings. The van der Waals surface area contributed by atoms with Crippen LogP contribution in [-0.4, -0.2) is 29.5 Å². The molecule has 2 unspecified atom stereocenters. The molecule has 5 nitrogen and oxygen atoms in total. The molecule has 0 saturated carbocycles. The lowest BCUT2D eigenvalue weighted by atomic mass is 9.96. The summed E-state index contributed by atoms with van der Waals surface area (Å²) in [4.78, 5) is 2.68. The maximum absolute atomic E-state index is 13.1. The van der Waals surface area contributed by atoms with E-state index >= 15 is 0 Å². The quantitative estimate of drug-likeness (QED) is 0.724. The van der Waals surface area contributed by atoms with Crippen LogP contribution in [0.1, 0.15) is 37.1 Å². The molecular formula is C18H19F3N2O3S. The number of H-pyrrole nitrogens is 1. The largest absolute Gasteiger partial charge is 0.417 e. The monoisotopic (exact) mass is 400 g/mol. The fourth-order valence-electron chi connectivity index (χ4n) is 3.24. The Bertz CT molecular complexity index is 1010. The molecule has 0 saturated heterocycles. The number of nitrogens with one attached hydrogen (secondary N) is 1. The fourth-order valence-corrected chi connectivity index (χ4v) is 5.13. The first-order chi connectivity index (χ1) is 12.4. The number of aromatic amines is 1. The van der Waals surface area contributed by atoms with E-state index in [4.69, 9.17) is 5.26 Å². The zero-order chi connectivity index (χ0) is 20.6. The van der Waals surface area contributed by atoms with Gasteiger partial charge < -0.3 is 10.1 Å². The van der Waals surface area contributed by atoms with Gasteiger partial charge in [-0.1, -0.05) is 13.0 Å². The third kappa shape index (κ3) is 3.87. The molecule has 27 heavy (non-hydrogen) atoms. The number of nitriles is 1. The van der Waals surface area contributed by atoms with Gasteiger partial charge in [-0.15, -0.1) is 6.58 Å². The van der Waals surface area contributed by atoms with Gasteiger partial charge in [0.1, 0.15) is 5.60 Å². The Morgan fingerprint density at radius 1 is 1.37 bits per heavy atom. The maximum Gasteiger partial charge on any atom is 0.417 e. The van der Waals surface area contributed by atoms with Gasteiger partial charge in [0.25, 0.3) is 0 Å². The van der Waals surface area contributed by atoms with E-state index in [2.05, 4.69) is 11.6 Å². The third-order valence-corrected chi connectivity index (χ3v) is 6.87. The summed E-state index contributed by atoms with van der Waals surface area (Å²) in [5.74, 6) is -0.335. The van der Waals surface area contributed by atoms with Gasteiger partial charge in [-0.25, -0.2) is 8.42 Å². The highest BCUT2D eigenvalue weighted by atomic mass is 32.2. The van der Waals surface area contributed by atoms with Gasteiger partial charge in [0.2, 0.25) is 0 Å².